The van der Waals surface area contributed by atoms with Gasteiger partial charge in [0.25, 0.3) is 0 Å². The molecule has 3 heteroatoms. The van der Waals surface area contributed by atoms with Crippen molar-refractivity contribution in [2.75, 3.05) is 6.61 Å². The Bertz CT molecular complexity index is 549. The van der Waals surface area contributed by atoms with Gasteiger partial charge in [-0.15, -0.1) is 0 Å². The molecule has 3 nitrogen and oxygen atoms in total. The minimum Gasteiger partial charge on any atom is -0.492 e. The van der Waals surface area contributed by atoms with Gasteiger partial charge in [-0.05, 0) is 30.2 Å². The zero-order chi connectivity index (χ0) is 13.7. The fraction of sp³-hybridized carbons (Fsp3) is 0.188. The van der Waals surface area contributed by atoms with E-state index in [4.69, 9.17) is 4.74 Å². The van der Waals surface area contributed by atoms with Crippen molar-refractivity contribution in [3.05, 3.63) is 65.7 Å². The van der Waals surface area contributed by atoms with Gasteiger partial charge >= 0.3 is 5.97 Å². The third-order valence-electron chi connectivity index (χ3n) is 3.02. The van der Waals surface area contributed by atoms with Gasteiger partial charge in [-0.1, -0.05) is 42.5 Å². The molecule has 19 heavy (non-hydrogen) atoms. The Balaban J connectivity index is 2.14. The molecule has 0 fully saturated rings. The summed E-state index contributed by atoms with van der Waals surface area (Å²) in [4.78, 5) is 11.4. The summed E-state index contributed by atoms with van der Waals surface area (Å²) in [7, 11) is 0. The van der Waals surface area contributed by atoms with Crippen LogP contribution in [0.15, 0.2) is 54.6 Å². The number of aryl methyl sites for hydroxylation is 1. The van der Waals surface area contributed by atoms with Crippen molar-refractivity contribution >= 4 is 5.97 Å². The first kappa shape index (κ1) is 13.1. The summed E-state index contributed by atoms with van der Waals surface area (Å²) in [6.45, 7) is 2.04. The van der Waals surface area contributed by atoms with E-state index in [1.807, 2.05) is 61.5 Å². The molecule has 0 aliphatic rings. The van der Waals surface area contributed by atoms with Crippen LogP contribution < -0.4 is 4.74 Å². The Morgan fingerprint density at radius 1 is 1.11 bits per heavy atom. The van der Waals surface area contributed by atoms with Gasteiger partial charge in [0, 0.05) is 0 Å². The lowest BCUT2D eigenvalue weighted by Gasteiger charge is -2.16. The predicted octanol–water partition coefficient (Wildman–Crippen LogP) is 3.24. The van der Waals surface area contributed by atoms with Crippen LogP contribution in [0.2, 0.25) is 0 Å². The highest BCUT2D eigenvalue weighted by Gasteiger charge is 2.22. The molecule has 0 radical (unpaired) electrons. The summed E-state index contributed by atoms with van der Waals surface area (Å²) in [6, 6.07) is 16.7. The maximum Gasteiger partial charge on any atom is 0.314 e. The maximum absolute atomic E-state index is 11.4. The molecule has 98 valence electrons. The monoisotopic (exact) mass is 256 g/mol. The fourth-order valence-electron chi connectivity index (χ4n) is 1.97. The van der Waals surface area contributed by atoms with Gasteiger partial charge in [-0.25, -0.2) is 0 Å². The summed E-state index contributed by atoms with van der Waals surface area (Å²) in [6.07, 6.45) is 0. The number of ether oxygens (including phenoxy) is 1. The third kappa shape index (κ3) is 3.35. The molecule has 2 rings (SSSR count). The molecule has 2 aromatic carbocycles. The highest BCUT2D eigenvalue weighted by atomic mass is 16.5. The van der Waals surface area contributed by atoms with Gasteiger partial charge < -0.3 is 9.84 Å². The zero-order valence-corrected chi connectivity index (χ0v) is 10.7. The second-order valence-corrected chi connectivity index (χ2v) is 4.37. The maximum atomic E-state index is 11.4. The van der Waals surface area contributed by atoms with Crippen molar-refractivity contribution in [2.45, 2.75) is 12.8 Å². The standard InChI is InChI=1S/C16H16O3/c1-12-7-5-6-10-14(12)15(16(17)18)11-19-13-8-3-2-4-9-13/h2-10,15H,11H2,1H3,(H,17,18). The van der Waals surface area contributed by atoms with Crippen molar-refractivity contribution in [1.82, 2.24) is 0 Å². The molecule has 0 bridgehead atoms. The Morgan fingerprint density at radius 2 is 1.74 bits per heavy atom. The van der Waals surface area contributed by atoms with Gasteiger partial charge in [-0.2, -0.15) is 0 Å². The van der Waals surface area contributed by atoms with E-state index in [2.05, 4.69) is 0 Å². The largest absolute Gasteiger partial charge is 0.492 e. The highest BCUT2D eigenvalue weighted by Crippen LogP contribution is 2.21. The van der Waals surface area contributed by atoms with Gasteiger partial charge in [0.2, 0.25) is 0 Å². The summed E-state index contributed by atoms with van der Waals surface area (Å²) in [5, 5.41) is 9.35. The van der Waals surface area contributed by atoms with Crippen LogP contribution >= 0.6 is 0 Å². The van der Waals surface area contributed by atoms with Gasteiger partial charge in [-0.3, -0.25) is 4.79 Å². The third-order valence-corrected chi connectivity index (χ3v) is 3.02. The molecule has 0 aromatic heterocycles. The molecule has 0 heterocycles. The highest BCUT2D eigenvalue weighted by molar-refractivity contribution is 5.76. The molecule has 2 aromatic rings. The Morgan fingerprint density at radius 3 is 2.37 bits per heavy atom. The summed E-state index contributed by atoms with van der Waals surface area (Å²) < 4.78 is 5.56. The molecular formula is C16H16O3. The number of benzene rings is 2. The number of rotatable bonds is 5. The van der Waals surface area contributed by atoms with Crippen molar-refractivity contribution in [3.8, 4) is 5.75 Å². The van der Waals surface area contributed by atoms with Crippen LogP contribution in [0.5, 0.6) is 5.75 Å². The van der Waals surface area contributed by atoms with Gasteiger partial charge in [0.15, 0.2) is 0 Å². The predicted molar refractivity (Wildman–Crippen MR) is 73.5 cm³/mol. The Hall–Kier alpha value is -2.29. The SMILES string of the molecule is Cc1ccccc1C(COc1ccccc1)C(=O)O. The summed E-state index contributed by atoms with van der Waals surface area (Å²) in [5.41, 5.74) is 1.76. The first-order valence-corrected chi connectivity index (χ1v) is 6.14. The fourth-order valence-corrected chi connectivity index (χ4v) is 1.97. The number of carboxylic acid groups (broad SMARTS) is 1. The molecular weight excluding hydrogens is 240 g/mol. The second-order valence-electron chi connectivity index (χ2n) is 4.37. The van der Waals surface area contributed by atoms with Crippen LogP contribution in [0.3, 0.4) is 0 Å². The molecule has 0 saturated heterocycles. The molecule has 0 aliphatic carbocycles. The van der Waals surface area contributed by atoms with E-state index in [0.29, 0.717) is 5.75 Å². The summed E-state index contributed by atoms with van der Waals surface area (Å²) >= 11 is 0. The van der Waals surface area contributed by atoms with Crippen LogP contribution in [-0.2, 0) is 4.79 Å². The molecule has 1 N–H and O–H groups in total. The molecule has 0 saturated carbocycles. The first-order chi connectivity index (χ1) is 9.18. The van der Waals surface area contributed by atoms with E-state index in [1.165, 1.54) is 0 Å². The number of hydrogen-bond donors (Lipinski definition) is 1. The van der Waals surface area contributed by atoms with Crippen molar-refractivity contribution < 1.29 is 14.6 Å². The smallest absolute Gasteiger partial charge is 0.314 e. The topological polar surface area (TPSA) is 46.5 Å². The number of para-hydroxylation sites is 1. The number of aliphatic carboxylic acids is 1. The average molecular weight is 256 g/mol. The van der Waals surface area contributed by atoms with Crippen molar-refractivity contribution in [3.63, 3.8) is 0 Å². The molecule has 1 unspecified atom stereocenters. The Labute approximate surface area is 112 Å². The number of carboxylic acids is 1. The molecule has 0 aliphatic heterocycles. The normalized spacial score (nSPS) is 11.8. The lowest BCUT2D eigenvalue weighted by Crippen LogP contribution is -2.20. The minimum atomic E-state index is -0.870. The lowest BCUT2D eigenvalue weighted by molar-refractivity contribution is -0.139. The molecule has 1 atom stereocenters. The minimum absolute atomic E-state index is 0.129. The van der Waals surface area contributed by atoms with Crippen LogP contribution in [0.4, 0.5) is 0 Å². The van der Waals surface area contributed by atoms with E-state index in [1.54, 1.807) is 0 Å². The number of hydrogen-bond acceptors (Lipinski definition) is 2. The van der Waals surface area contributed by atoms with Crippen LogP contribution in [0, 0.1) is 6.92 Å². The van der Waals surface area contributed by atoms with E-state index < -0.39 is 11.9 Å². The van der Waals surface area contributed by atoms with Gasteiger partial charge in [0.1, 0.15) is 18.3 Å². The van der Waals surface area contributed by atoms with E-state index >= 15 is 0 Å². The zero-order valence-electron chi connectivity index (χ0n) is 10.7. The Kier molecular flexibility index (Phi) is 4.18. The summed E-state index contributed by atoms with van der Waals surface area (Å²) in [5.74, 6) is -0.839. The van der Waals surface area contributed by atoms with E-state index in [0.717, 1.165) is 11.1 Å². The van der Waals surface area contributed by atoms with Crippen LogP contribution in [-0.4, -0.2) is 17.7 Å². The molecule has 0 amide bonds. The van der Waals surface area contributed by atoms with Crippen LogP contribution in [0.25, 0.3) is 0 Å². The van der Waals surface area contributed by atoms with E-state index in [-0.39, 0.29) is 6.61 Å². The second kappa shape index (κ2) is 6.05. The molecule has 0 spiro atoms. The average Bonchev–Trinajstić information content (AvgIpc) is 2.42. The first-order valence-electron chi connectivity index (χ1n) is 6.14. The van der Waals surface area contributed by atoms with Gasteiger partial charge in [0.05, 0.1) is 0 Å². The quantitative estimate of drug-likeness (QED) is 0.893. The van der Waals surface area contributed by atoms with Crippen molar-refractivity contribution in [2.24, 2.45) is 0 Å². The lowest BCUT2D eigenvalue weighted by atomic mass is 9.96. The van der Waals surface area contributed by atoms with E-state index in [9.17, 15) is 9.90 Å². The number of carbonyl (C=O) groups is 1. The van der Waals surface area contributed by atoms with Crippen LogP contribution in [0.1, 0.15) is 17.0 Å². The van der Waals surface area contributed by atoms with Crippen molar-refractivity contribution in [1.29, 1.82) is 0 Å².